The molecule has 0 saturated carbocycles. The first kappa shape index (κ1) is 18.7. The predicted octanol–water partition coefficient (Wildman–Crippen LogP) is 3.78. The molecule has 1 saturated heterocycles. The first-order valence-corrected chi connectivity index (χ1v) is 9.89. The van der Waals surface area contributed by atoms with Crippen molar-refractivity contribution in [2.24, 2.45) is 0 Å². The highest BCUT2D eigenvalue weighted by molar-refractivity contribution is 6.06. The summed E-state index contributed by atoms with van der Waals surface area (Å²) in [6.07, 6.45) is 0. The van der Waals surface area contributed by atoms with E-state index in [9.17, 15) is 4.79 Å². The van der Waals surface area contributed by atoms with Crippen LogP contribution in [0.1, 0.15) is 27.2 Å². The fourth-order valence-electron chi connectivity index (χ4n) is 3.93. The molecule has 0 bridgehead atoms. The van der Waals surface area contributed by atoms with Gasteiger partial charge in [-0.15, -0.1) is 0 Å². The topological polar surface area (TPSA) is 51.4 Å². The fourth-order valence-corrected chi connectivity index (χ4v) is 3.93. The molecule has 146 valence electrons. The van der Waals surface area contributed by atoms with Crippen molar-refractivity contribution in [3.63, 3.8) is 0 Å². The number of rotatable bonds is 4. The van der Waals surface area contributed by atoms with Crippen LogP contribution < -0.4 is 5.32 Å². The fraction of sp³-hybridized carbons (Fsp3) is 0.348. The summed E-state index contributed by atoms with van der Waals surface area (Å²) in [6.45, 7) is 9.45. The van der Waals surface area contributed by atoms with Gasteiger partial charge in [0.2, 0.25) is 0 Å². The molecule has 1 aliphatic rings. The number of aryl methyl sites for hydroxylation is 2. The summed E-state index contributed by atoms with van der Waals surface area (Å²) in [6, 6.07) is 14.3. The van der Waals surface area contributed by atoms with Crippen molar-refractivity contribution >= 4 is 22.5 Å². The third-order valence-corrected chi connectivity index (χ3v) is 5.52. The van der Waals surface area contributed by atoms with Gasteiger partial charge in [0.15, 0.2) is 0 Å². The lowest BCUT2D eigenvalue weighted by atomic mass is 10.1. The molecule has 5 nitrogen and oxygen atoms in total. The highest BCUT2D eigenvalue weighted by Gasteiger charge is 2.15. The molecule has 3 aromatic rings. The smallest absolute Gasteiger partial charge is 0.272 e. The molecule has 2 N–H and O–H groups in total. The predicted molar refractivity (Wildman–Crippen MR) is 115 cm³/mol. The number of hydrogen-bond acceptors (Lipinski definition) is 3. The van der Waals surface area contributed by atoms with Crippen LogP contribution in [0.3, 0.4) is 0 Å². The van der Waals surface area contributed by atoms with E-state index in [1.807, 2.05) is 18.2 Å². The van der Waals surface area contributed by atoms with Crippen molar-refractivity contribution in [1.29, 1.82) is 0 Å². The number of likely N-dealkylation sites (N-methyl/N-ethyl adjacent to an activating group) is 1. The van der Waals surface area contributed by atoms with Crippen molar-refractivity contribution < 1.29 is 4.79 Å². The molecule has 2 aromatic carbocycles. The van der Waals surface area contributed by atoms with Crippen molar-refractivity contribution in [3.05, 3.63) is 64.8 Å². The average molecular weight is 377 g/mol. The van der Waals surface area contributed by atoms with Gasteiger partial charge < -0.3 is 15.2 Å². The Kier molecular flexibility index (Phi) is 5.20. The van der Waals surface area contributed by atoms with E-state index in [4.69, 9.17) is 0 Å². The normalized spacial score (nSPS) is 15.8. The van der Waals surface area contributed by atoms with E-state index >= 15 is 0 Å². The third-order valence-electron chi connectivity index (χ3n) is 5.52. The van der Waals surface area contributed by atoms with E-state index in [1.165, 1.54) is 16.7 Å². The average Bonchev–Trinajstić information content (AvgIpc) is 3.08. The van der Waals surface area contributed by atoms with Gasteiger partial charge in [0.05, 0.1) is 0 Å². The lowest BCUT2D eigenvalue weighted by Crippen LogP contribution is -2.43. The molecule has 2 heterocycles. The van der Waals surface area contributed by atoms with Crippen LogP contribution in [0.15, 0.2) is 42.5 Å². The van der Waals surface area contributed by atoms with Gasteiger partial charge in [-0.2, -0.15) is 0 Å². The second kappa shape index (κ2) is 7.78. The number of hydrogen-bond donors (Lipinski definition) is 2. The monoisotopic (exact) mass is 376 g/mol. The zero-order chi connectivity index (χ0) is 19.7. The summed E-state index contributed by atoms with van der Waals surface area (Å²) in [5.74, 6) is -0.106. The van der Waals surface area contributed by atoms with Gasteiger partial charge in [-0.3, -0.25) is 9.69 Å². The van der Waals surface area contributed by atoms with Gasteiger partial charge >= 0.3 is 0 Å². The molecule has 0 unspecified atom stereocenters. The van der Waals surface area contributed by atoms with Crippen molar-refractivity contribution in [2.45, 2.75) is 20.4 Å². The molecule has 0 radical (unpaired) electrons. The zero-order valence-electron chi connectivity index (χ0n) is 16.9. The summed E-state index contributed by atoms with van der Waals surface area (Å²) >= 11 is 0. The van der Waals surface area contributed by atoms with Gasteiger partial charge in [-0.25, -0.2) is 0 Å². The summed E-state index contributed by atoms with van der Waals surface area (Å²) in [5, 5.41) is 4.14. The largest absolute Gasteiger partial charge is 0.351 e. The maximum absolute atomic E-state index is 12.8. The minimum Gasteiger partial charge on any atom is -0.351 e. The van der Waals surface area contributed by atoms with E-state index in [0.717, 1.165) is 49.3 Å². The maximum Gasteiger partial charge on any atom is 0.272 e. The second-order valence-electron chi connectivity index (χ2n) is 7.96. The Hall–Kier alpha value is -2.63. The number of carbonyl (C=O) groups excluding carboxylic acids is 1. The van der Waals surface area contributed by atoms with Crippen LogP contribution in [0, 0.1) is 13.8 Å². The third kappa shape index (κ3) is 4.11. The van der Waals surface area contributed by atoms with Crippen molar-refractivity contribution in [2.75, 3.05) is 38.5 Å². The van der Waals surface area contributed by atoms with Gasteiger partial charge in [0, 0.05) is 49.3 Å². The Morgan fingerprint density at radius 1 is 1.07 bits per heavy atom. The number of nitrogens with zero attached hydrogens (tertiary/aromatic N) is 2. The first-order valence-electron chi connectivity index (χ1n) is 9.89. The quantitative estimate of drug-likeness (QED) is 0.728. The number of aromatic amines is 1. The number of piperazine rings is 1. The van der Waals surface area contributed by atoms with E-state index in [2.05, 4.69) is 65.3 Å². The van der Waals surface area contributed by atoms with Crippen LogP contribution in [-0.2, 0) is 6.54 Å². The summed E-state index contributed by atoms with van der Waals surface area (Å²) in [7, 11) is 2.17. The summed E-state index contributed by atoms with van der Waals surface area (Å²) < 4.78 is 0. The van der Waals surface area contributed by atoms with E-state index < -0.39 is 0 Å². The molecule has 0 spiro atoms. The molecular formula is C23H28N4O. The molecule has 1 aliphatic heterocycles. The summed E-state index contributed by atoms with van der Waals surface area (Å²) in [5.41, 5.74) is 6.03. The highest BCUT2D eigenvalue weighted by atomic mass is 16.1. The van der Waals surface area contributed by atoms with E-state index in [-0.39, 0.29) is 5.91 Å². The Morgan fingerprint density at radius 2 is 1.86 bits per heavy atom. The van der Waals surface area contributed by atoms with Crippen LogP contribution >= 0.6 is 0 Å². The van der Waals surface area contributed by atoms with Crippen LogP contribution in [0.5, 0.6) is 0 Å². The molecule has 0 atom stereocenters. The maximum atomic E-state index is 12.8. The minimum absolute atomic E-state index is 0.106. The van der Waals surface area contributed by atoms with Crippen LogP contribution in [0.4, 0.5) is 5.69 Å². The van der Waals surface area contributed by atoms with E-state index in [0.29, 0.717) is 5.69 Å². The molecule has 4 rings (SSSR count). The van der Waals surface area contributed by atoms with Crippen molar-refractivity contribution in [3.8, 4) is 0 Å². The molecule has 28 heavy (non-hydrogen) atoms. The van der Waals surface area contributed by atoms with Gasteiger partial charge in [-0.1, -0.05) is 18.2 Å². The number of amides is 1. The lowest BCUT2D eigenvalue weighted by Gasteiger charge is -2.32. The molecule has 1 amide bonds. The second-order valence-corrected chi connectivity index (χ2v) is 7.96. The van der Waals surface area contributed by atoms with Crippen LogP contribution in [0.25, 0.3) is 10.9 Å². The van der Waals surface area contributed by atoms with Gasteiger partial charge in [0.1, 0.15) is 5.69 Å². The minimum atomic E-state index is -0.106. The Labute approximate surface area is 166 Å². The van der Waals surface area contributed by atoms with Crippen molar-refractivity contribution in [1.82, 2.24) is 14.8 Å². The number of carbonyl (C=O) groups is 1. The molecule has 1 aromatic heterocycles. The van der Waals surface area contributed by atoms with Gasteiger partial charge in [-0.05, 0) is 61.9 Å². The van der Waals surface area contributed by atoms with E-state index in [1.54, 1.807) is 0 Å². The Bertz CT molecular complexity index is 999. The number of benzene rings is 2. The lowest BCUT2D eigenvalue weighted by molar-refractivity contribution is 0.102. The first-order chi connectivity index (χ1) is 13.5. The number of aromatic nitrogens is 1. The highest BCUT2D eigenvalue weighted by Crippen LogP contribution is 2.22. The molecule has 0 aliphatic carbocycles. The zero-order valence-corrected chi connectivity index (χ0v) is 16.9. The molecule has 5 heteroatoms. The van der Waals surface area contributed by atoms with Gasteiger partial charge in [0.25, 0.3) is 5.91 Å². The van der Waals surface area contributed by atoms with Crippen LogP contribution in [0.2, 0.25) is 0 Å². The summed E-state index contributed by atoms with van der Waals surface area (Å²) in [4.78, 5) is 20.8. The molecule has 1 fully saturated rings. The standard InChI is InChI=1S/C23H28N4O/c1-16-11-17(2)20-14-22(25-21(20)12-16)23(28)24-19-6-4-5-18(13-19)15-27-9-7-26(3)8-10-27/h4-6,11-14,25H,7-10,15H2,1-3H3,(H,24,28). The van der Waals surface area contributed by atoms with Crippen LogP contribution in [-0.4, -0.2) is 53.9 Å². The number of anilines is 1. The number of nitrogens with one attached hydrogen (secondary N) is 2. The Morgan fingerprint density at radius 3 is 2.64 bits per heavy atom. The number of H-pyrrole nitrogens is 1. The SMILES string of the molecule is Cc1cc(C)c2cc(C(=O)Nc3cccc(CN4CCN(C)CC4)c3)[nH]c2c1. The number of fused-ring (bicyclic) bond motifs is 1. The Balaban J connectivity index is 1.47. The molecular weight excluding hydrogens is 348 g/mol.